The monoisotopic (exact) mass is 272 g/mol. The fraction of sp³-hybridized carbons (Fsp3) is 0.222. The highest BCUT2D eigenvalue weighted by atomic mass is 79.9. The standard InChI is InChI=1S/C9H9BrN2OS/c1-5-9(12-8(4-11)13-5)6-2-3-7(10)14-6/h2-3H,4,11H2,1H3. The summed E-state index contributed by atoms with van der Waals surface area (Å²) in [6.07, 6.45) is 0. The summed E-state index contributed by atoms with van der Waals surface area (Å²) in [5.41, 5.74) is 6.34. The Kier molecular flexibility index (Phi) is 2.71. The summed E-state index contributed by atoms with van der Waals surface area (Å²) in [6, 6.07) is 4.01. The minimum absolute atomic E-state index is 0.341. The minimum Gasteiger partial charge on any atom is -0.444 e. The van der Waals surface area contributed by atoms with Gasteiger partial charge in [-0.3, -0.25) is 0 Å². The van der Waals surface area contributed by atoms with Gasteiger partial charge in [0.1, 0.15) is 11.5 Å². The Balaban J connectivity index is 2.45. The first-order chi connectivity index (χ1) is 6.70. The van der Waals surface area contributed by atoms with Gasteiger partial charge in [0.15, 0.2) is 0 Å². The predicted octanol–water partition coefficient (Wildman–Crippen LogP) is 2.93. The Morgan fingerprint density at radius 3 is 2.86 bits per heavy atom. The van der Waals surface area contributed by atoms with E-state index in [1.165, 1.54) is 0 Å². The summed E-state index contributed by atoms with van der Waals surface area (Å²) in [4.78, 5) is 5.40. The summed E-state index contributed by atoms with van der Waals surface area (Å²) < 4.78 is 6.47. The van der Waals surface area contributed by atoms with E-state index in [1.54, 1.807) is 11.3 Å². The van der Waals surface area contributed by atoms with Gasteiger partial charge in [-0.2, -0.15) is 0 Å². The van der Waals surface area contributed by atoms with Crippen LogP contribution in [-0.2, 0) is 6.54 Å². The number of aromatic nitrogens is 1. The number of nitrogens with two attached hydrogens (primary N) is 1. The normalized spacial score (nSPS) is 10.8. The fourth-order valence-electron chi connectivity index (χ4n) is 1.21. The fourth-order valence-corrected chi connectivity index (χ4v) is 2.63. The predicted molar refractivity (Wildman–Crippen MR) is 60.1 cm³/mol. The highest BCUT2D eigenvalue weighted by Crippen LogP contribution is 2.32. The zero-order valence-electron chi connectivity index (χ0n) is 7.58. The van der Waals surface area contributed by atoms with Crippen LogP contribution in [0.4, 0.5) is 0 Å². The van der Waals surface area contributed by atoms with Gasteiger partial charge < -0.3 is 10.2 Å². The molecule has 0 saturated heterocycles. The zero-order valence-corrected chi connectivity index (χ0v) is 9.98. The third kappa shape index (κ3) is 1.75. The molecule has 2 heterocycles. The van der Waals surface area contributed by atoms with Gasteiger partial charge >= 0.3 is 0 Å². The lowest BCUT2D eigenvalue weighted by Gasteiger charge is -1.88. The van der Waals surface area contributed by atoms with Crippen molar-refractivity contribution in [3.8, 4) is 10.6 Å². The van der Waals surface area contributed by atoms with Crippen LogP contribution in [0.1, 0.15) is 11.7 Å². The Hall–Kier alpha value is -0.650. The van der Waals surface area contributed by atoms with Crippen molar-refractivity contribution < 1.29 is 4.42 Å². The first kappa shape index (κ1) is 9.89. The van der Waals surface area contributed by atoms with Crippen LogP contribution in [0, 0.1) is 6.92 Å². The lowest BCUT2D eigenvalue weighted by molar-refractivity contribution is 0.474. The van der Waals surface area contributed by atoms with Crippen molar-refractivity contribution in [2.24, 2.45) is 5.73 Å². The molecule has 2 N–H and O–H groups in total. The molecule has 3 nitrogen and oxygen atoms in total. The molecule has 5 heteroatoms. The molecule has 0 aliphatic carbocycles. The second-order valence-electron chi connectivity index (χ2n) is 2.82. The average molecular weight is 273 g/mol. The molecular weight excluding hydrogens is 264 g/mol. The molecule has 0 fully saturated rings. The summed E-state index contributed by atoms with van der Waals surface area (Å²) >= 11 is 5.05. The number of rotatable bonds is 2. The first-order valence-electron chi connectivity index (χ1n) is 4.13. The molecule has 2 rings (SSSR count). The average Bonchev–Trinajstić information content (AvgIpc) is 2.71. The van der Waals surface area contributed by atoms with Crippen LogP contribution < -0.4 is 5.73 Å². The molecule has 2 aromatic heterocycles. The zero-order chi connectivity index (χ0) is 10.1. The molecule has 0 radical (unpaired) electrons. The summed E-state index contributed by atoms with van der Waals surface area (Å²) in [6.45, 7) is 2.24. The van der Waals surface area contributed by atoms with Gasteiger partial charge in [0.2, 0.25) is 5.89 Å². The van der Waals surface area contributed by atoms with Crippen molar-refractivity contribution in [1.29, 1.82) is 0 Å². The van der Waals surface area contributed by atoms with Crippen molar-refractivity contribution in [2.45, 2.75) is 13.5 Å². The number of hydrogen-bond acceptors (Lipinski definition) is 4. The van der Waals surface area contributed by atoms with E-state index in [0.29, 0.717) is 12.4 Å². The highest BCUT2D eigenvalue weighted by molar-refractivity contribution is 9.11. The van der Waals surface area contributed by atoms with Gasteiger partial charge in [-0.1, -0.05) is 0 Å². The van der Waals surface area contributed by atoms with Gasteiger partial charge in [-0.15, -0.1) is 11.3 Å². The van der Waals surface area contributed by atoms with E-state index in [0.717, 1.165) is 20.1 Å². The van der Waals surface area contributed by atoms with Crippen LogP contribution in [0.2, 0.25) is 0 Å². The van der Waals surface area contributed by atoms with E-state index in [-0.39, 0.29) is 0 Å². The van der Waals surface area contributed by atoms with Crippen molar-refractivity contribution in [3.05, 3.63) is 27.6 Å². The van der Waals surface area contributed by atoms with Crippen molar-refractivity contribution in [3.63, 3.8) is 0 Å². The maximum Gasteiger partial charge on any atom is 0.208 e. The Labute approximate surface area is 94.1 Å². The Morgan fingerprint density at radius 1 is 1.57 bits per heavy atom. The smallest absolute Gasteiger partial charge is 0.208 e. The van der Waals surface area contributed by atoms with Gasteiger partial charge in [-0.05, 0) is 35.0 Å². The van der Waals surface area contributed by atoms with E-state index < -0.39 is 0 Å². The van der Waals surface area contributed by atoms with Crippen LogP contribution in [-0.4, -0.2) is 4.98 Å². The number of aryl methyl sites for hydroxylation is 1. The van der Waals surface area contributed by atoms with E-state index >= 15 is 0 Å². The number of oxazole rings is 1. The molecular formula is C9H9BrN2OS. The lowest BCUT2D eigenvalue weighted by atomic mass is 10.3. The minimum atomic E-state index is 0.341. The molecule has 0 aliphatic rings. The van der Waals surface area contributed by atoms with E-state index in [4.69, 9.17) is 10.2 Å². The lowest BCUT2D eigenvalue weighted by Crippen LogP contribution is -1.95. The van der Waals surface area contributed by atoms with Gasteiger partial charge in [0, 0.05) is 0 Å². The molecule has 0 aromatic carbocycles. The second kappa shape index (κ2) is 3.84. The largest absolute Gasteiger partial charge is 0.444 e. The van der Waals surface area contributed by atoms with Crippen molar-refractivity contribution in [1.82, 2.24) is 4.98 Å². The molecule has 74 valence electrons. The van der Waals surface area contributed by atoms with Gasteiger partial charge in [-0.25, -0.2) is 4.98 Å². The topological polar surface area (TPSA) is 52.0 Å². The van der Waals surface area contributed by atoms with Crippen LogP contribution in [0.5, 0.6) is 0 Å². The van der Waals surface area contributed by atoms with E-state index in [9.17, 15) is 0 Å². The van der Waals surface area contributed by atoms with Crippen LogP contribution in [0.3, 0.4) is 0 Å². The maximum absolute atomic E-state index is 5.45. The molecule has 0 atom stereocenters. The van der Waals surface area contributed by atoms with Gasteiger partial charge in [0.25, 0.3) is 0 Å². The second-order valence-corrected chi connectivity index (χ2v) is 5.28. The molecule has 14 heavy (non-hydrogen) atoms. The Bertz CT molecular complexity index is 449. The van der Waals surface area contributed by atoms with E-state index in [1.807, 2.05) is 19.1 Å². The maximum atomic E-state index is 5.45. The van der Waals surface area contributed by atoms with Crippen LogP contribution in [0.25, 0.3) is 10.6 Å². The molecule has 2 aromatic rings. The highest BCUT2D eigenvalue weighted by Gasteiger charge is 2.11. The number of thiophene rings is 1. The number of hydrogen-bond donors (Lipinski definition) is 1. The third-order valence-corrected chi connectivity index (χ3v) is 3.45. The summed E-state index contributed by atoms with van der Waals surface area (Å²) in [7, 11) is 0. The molecule has 0 unspecified atom stereocenters. The first-order valence-corrected chi connectivity index (χ1v) is 5.73. The number of nitrogens with zero attached hydrogens (tertiary/aromatic N) is 1. The van der Waals surface area contributed by atoms with Crippen LogP contribution >= 0.6 is 27.3 Å². The summed E-state index contributed by atoms with van der Waals surface area (Å²) in [5.74, 6) is 1.40. The SMILES string of the molecule is Cc1oc(CN)nc1-c1ccc(Br)s1. The molecule has 0 spiro atoms. The van der Waals surface area contributed by atoms with Crippen LogP contribution in [0.15, 0.2) is 20.3 Å². The van der Waals surface area contributed by atoms with Crippen molar-refractivity contribution >= 4 is 27.3 Å². The van der Waals surface area contributed by atoms with Crippen molar-refractivity contribution in [2.75, 3.05) is 0 Å². The Morgan fingerprint density at radius 2 is 2.36 bits per heavy atom. The molecule has 0 amide bonds. The molecule has 0 aliphatic heterocycles. The number of halogens is 1. The van der Waals surface area contributed by atoms with E-state index in [2.05, 4.69) is 20.9 Å². The van der Waals surface area contributed by atoms with Gasteiger partial charge in [0.05, 0.1) is 15.2 Å². The quantitative estimate of drug-likeness (QED) is 0.915. The molecule has 0 bridgehead atoms. The third-order valence-electron chi connectivity index (χ3n) is 1.82. The summed E-state index contributed by atoms with van der Waals surface area (Å²) in [5, 5.41) is 0. The molecule has 0 saturated carbocycles.